The molecule has 1 fully saturated rings. The number of anilines is 2. The van der Waals surface area contributed by atoms with E-state index in [1.54, 1.807) is 0 Å². The van der Waals surface area contributed by atoms with Crippen LogP contribution in [-0.2, 0) is 0 Å². The lowest BCUT2D eigenvalue weighted by Gasteiger charge is -2.35. The fraction of sp³-hybridized carbons (Fsp3) is 0.306. The van der Waals surface area contributed by atoms with Crippen LogP contribution < -0.4 is 20.1 Å². The van der Waals surface area contributed by atoms with Crippen LogP contribution in [0.4, 0.5) is 29.2 Å². The third-order valence-electron chi connectivity index (χ3n) is 9.31. The molecule has 2 aliphatic rings. The summed E-state index contributed by atoms with van der Waals surface area (Å²) >= 11 is 7.00. The van der Waals surface area contributed by atoms with Gasteiger partial charge in [0.15, 0.2) is 11.6 Å². The van der Waals surface area contributed by atoms with Gasteiger partial charge in [-0.1, -0.05) is 29.7 Å². The molecule has 50 heavy (non-hydrogen) atoms. The van der Waals surface area contributed by atoms with Crippen LogP contribution in [0.1, 0.15) is 36.4 Å². The first-order valence-electron chi connectivity index (χ1n) is 15.9. The molecule has 7 rings (SSSR count). The Bertz CT molecular complexity index is 2180. The van der Waals surface area contributed by atoms with Crippen LogP contribution in [-0.4, -0.2) is 70.8 Å². The molecule has 0 unspecified atom stereocenters. The SMILES string of the molecule is C#Cc1c(F)ccc2cc(O)cc(-c3c(Cl)c4c5c(nc(OC[C@@H]6CCCN6C)nc5c3F)N([C@@H](c3cccnc3N)C(F)F)CCCO4)c12. The first kappa shape index (κ1) is 33.4. The number of pyridine rings is 1. The average Bonchev–Trinajstić information content (AvgIpc) is 3.50. The normalized spacial score (nSPS) is 17.1. The second kappa shape index (κ2) is 13.3. The van der Waals surface area contributed by atoms with Gasteiger partial charge in [-0.25, -0.2) is 22.5 Å². The van der Waals surface area contributed by atoms with E-state index in [2.05, 4.69) is 25.8 Å². The van der Waals surface area contributed by atoms with Gasteiger partial charge in [0.1, 0.15) is 41.4 Å². The van der Waals surface area contributed by atoms with E-state index in [-0.39, 0.29) is 105 Å². The summed E-state index contributed by atoms with van der Waals surface area (Å²) in [6.07, 6.45) is 6.15. The molecular formula is C36H31ClF4N6O3. The number of likely N-dealkylation sites (tertiary alicyclic amines) is 1. The van der Waals surface area contributed by atoms with E-state index >= 15 is 17.6 Å². The van der Waals surface area contributed by atoms with E-state index < -0.39 is 24.1 Å². The van der Waals surface area contributed by atoms with Crippen LogP contribution in [0.5, 0.6) is 17.5 Å². The van der Waals surface area contributed by atoms with Crippen molar-refractivity contribution in [1.82, 2.24) is 19.9 Å². The van der Waals surface area contributed by atoms with Crippen LogP contribution in [0.25, 0.3) is 32.8 Å². The van der Waals surface area contributed by atoms with Crippen molar-refractivity contribution in [3.8, 4) is 41.0 Å². The molecule has 9 nitrogen and oxygen atoms in total. The minimum absolute atomic E-state index is 0.00267. The Morgan fingerprint density at radius 3 is 2.70 bits per heavy atom. The number of hydrogen-bond donors (Lipinski definition) is 2. The standard InChI is InChI=1S/C36H31ClF4N6O3/c1-3-21-24(38)10-9-18-15-20(48)16-23(25(18)21)26-28(37)32-27-30(29(26)39)44-36(50-17-19-7-5-12-46(19)2)45-35(27)47(13-6-14-49-32)31(33(40)41)22-8-4-11-43-34(22)42/h1,4,8-11,15-16,19,31,33,48H,5-7,12-14,17H2,2H3,(H2,42,43)/t19-,31-/m0/s1. The van der Waals surface area contributed by atoms with Gasteiger partial charge in [0.2, 0.25) is 0 Å². The van der Waals surface area contributed by atoms with Crippen LogP contribution >= 0.6 is 11.6 Å². The molecule has 0 amide bonds. The first-order valence-corrected chi connectivity index (χ1v) is 16.3. The van der Waals surface area contributed by atoms with E-state index in [0.717, 1.165) is 25.5 Å². The monoisotopic (exact) mass is 706 g/mol. The zero-order valence-electron chi connectivity index (χ0n) is 26.8. The summed E-state index contributed by atoms with van der Waals surface area (Å²) in [6, 6.07) is 6.18. The molecule has 0 aliphatic carbocycles. The zero-order chi connectivity index (χ0) is 35.3. The molecule has 0 bridgehead atoms. The number of fused-ring (bicyclic) bond motifs is 1. The maximum atomic E-state index is 17.3. The average molecular weight is 707 g/mol. The molecule has 14 heteroatoms. The van der Waals surface area contributed by atoms with Crippen molar-refractivity contribution in [3.05, 3.63) is 70.4 Å². The number of nitrogens with two attached hydrogens (primary N) is 1. The van der Waals surface area contributed by atoms with Crippen molar-refractivity contribution in [2.24, 2.45) is 0 Å². The van der Waals surface area contributed by atoms with E-state index in [1.165, 1.54) is 41.4 Å². The molecule has 4 heterocycles. The molecule has 2 aromatic heterocycles. The number of benzene rings is 3. The van der Waals surface area contributed by atoms with Crippen molar-refractivity contribution in [2.45, 2.75) is 37.8 Å². The van der Waals surface area contributed by atoms with Crippen molar-refractivity contribution in [2.75, 3.05) is 44.0 Å². The Labute approximate surface area is 289 Å². The molecule has 3 aromatic carbocycles. The Morgan fingerprint density at radius 2 is 1.98 bits per heavy atom. The number of nitrogens with zero attached hydrogens (tertiary/aromatic N) is 5. The fourth-order valence-electron chi connectivity index (χ4n) is 6.91. The van der Waals surface area contributed by atoms with Crippen molar-refractivity contribution in [1.29, 1.82) is 0 Å². The van der Waals surface area contributed by atoms with Gasteiger partial charge in [-0.3, -0.25) is 0 Å². The number of alkyl halides is 2. The number of nitrogen functional groups attached to an aromatic ring is 1. The van der Waals surface area contributed by atoms with Gasteiger partial charge in [0, 0.05) is 35.3 Å². The molecule has 0 saturated carbocycles. The number of phenols is 1. The minimum atomic E-state index is -2.98. The molecule has 1 saturated heterocycles. The second-order valence-electron chi connectivity index (χ2n) is 12.3. The summed E-state index contributed by atoms with van der Waals surface area (Å²) in [5.74, 6) is -0.0170. The van der Waals surface area contributed by atoms with E-state index in [9.17, 15) is 5.11 Å². The molecule has 5 aromatic rings. The number of hydrogen-bond acceptors (Lipinski definition) is 9. The van der Waals surface area contributed by atoms with Gasteiger partial charge in [0.25, 0.3) is 6.43 Å². The van der Waals surface area contributed by atoms with Crippen LogP contribution in [0.2, 0.25) is 5.02 Å². The van der Waals surface area contributed by atoms with Gasteiger partial charge in [0.05, 0.1) is 22.6 Å². The Balaban J connectivity index is 1.54. The summed E-state index contributed by atoms with van der Waals surface area (Å²) in [6.45, 7) is 1.01. The van der Waals surface area contributed by atoms with Crippen LogP contribution in [0, 0.1) is 24.0 Å². The third kappa shape index (κ3) is 5.72. The Kier molecular flexibility index (Phi) is 8.92. The van der Waals surface area contributed by atoms with Crippen LogP contribution in [0.3, 0.4) is 0 Å². The van der Waals surface area contributed by atoms with Crippen molar-refractivity contribution >= 4 is 44.9 Å². The largest absolute Gasteiger partial charge is 0.508 e. The molecular weight excluding hydrogens is 676 g/mol. The molecule has 2 atom stereocenters. The number of ether oxygens (including phenoxy) is 2. The zero-order valence-corrected chi connectivity index (χ0v) is 27.5. The third-order valence-corrected chi connectivity index (χ3v) is 9.67. The van der Waals surface area contributed by atoms with Gasteiger partial charge in [-0.15, -0.1) is 6.42 Å². The number of rotatable bonds is 7. The predicted octanol–water partition coefficient (Wildman–Crippen LogP) is 7.11. The van der Waals surface area contributed by atoms with Gasteiger partial charge >= 0.3 is 6.01 Å². The highest BCUT2D eigenvalue weighted by molar-refractivity contribution is 6.37. The molecule has 2 aliphatic heterocycles. The lowest BCUT2D eigenvalue weighted by atomic mass is 9.92. The lowest BCUT2D eigenvalue weighted by Crippen LogP contribution is -2.37. The molecule has 0 spiro atoms. The van der Waals surface area contributed by atoms with Crippen molar-refractivity contribution in [3.63, 3.8) is 0 Å². The fourth-order valence-corrected chi connectivity index (χ4v) is 7.24. The summed E-state index contributed by atoms with van der Waals surface area (Å²) in [5.41, 5.74) is 5.31. The smallest absolute Gasteiger partial charge is 0.319 e. The van der Waals surface area contributed by atoms with Crippen LogP contribution in [0.15, 0.2) is 42.6 Å². The maximum Gasteiger partial charge on any atom is 0.319 e. The highest BCUT2D eigenvalue weighted by Crippen LogP contribution is 2.51. The highest BCUT2D eigenvalue weighted by atomic mass is 35.5. The quantitative estimate of drug-likeness (QED) is 0.135. The minimum Gasteiger partial charge on any atom is -0.508 e. The first-order chi connectivity index (χ1) is 24.1. The number of terminal acetylenes is 1. The second-order valence-corrected chi connectivity index (χ2v) is 12.7. The van der Waals surface area contributed by atoms with Crippen molar-refractivity contribution < 1.29 is 32.1 Å². The van der Waals surface area contributed by atoms with Gasteiger partial charge in [-0.2, -0.15) is 9.97 Å². The summed E-state index contributed by atoms with van der Waals surface area (Å²) in [7, 11) is 1.96. The van der Waals surface area contributed by atoms with Gasteiger partial charge in [-0.05, 0) is 68.1 Å². The van der Waals surface area contributed by atoms with Gasteiger partial charge < -0.3 is 30.1 Å². The highest BCUT2D eigenvalue weighted by Gasteiger charge is 2.37. The number of aromatic nitrogens is 3. The predicted molar refractivity (Wildman–Crippen MR) is 183 cm³/mol. The maximum absolute atomic E-state index is 17.3. The Hall–Kier alpha value is -5.06. The number of likely N-dealkylation sites (N-methyl/N-ethyl adjacent to an activating group) is 1. The van der Waals surface area contributed by atoms with E-state index in [1.807, 2.05) is 7.05 Å². The van der Waals surface area contributed by atoms with E-state index in [4.69, 9.17) is 33.2 Å². The number of phenolic OH excluding ortho intramolecular Hbond substituents is 1. The molecule has 3 N–H and O–H groups in total. The lowest BCUT2D eigenvalue weighted by molar-refractivity contribution is 0.110. The summed E-state index contributed by atoms with van der Waals surface area (Å²) in [4.78, 5) is 16.5. The topological polar surface area (TPSA) is 110 Å². The van der Waals surface area contributed by atoms with E-state index in [0.29, 0.717) is 5.39 Å². The number of aromatic hydroxyl groups is 1. The summed E-state index contributed by atoms with van der Waals surface area (Å²) in [5, 5.41) is 10.8. The molecule has 258 valence electrons. The Morgan fingerprint density at radius 1 is 1.16 bits per heavy atom. The number of halogens is 5. The summed E-state index contributed by atoms with van der Waals surface area (Å²) < 4.78 is 74.9. The molecule has 0 radical (unpaired) electrons.